The maximum Gasteiger partial charge on any atom is 0.294 e. The Bertz CT molecular complexity index is 597. The summed E-state index contributed by atoms with van der Waals surface area (Å²) in [7, 11) is 0. The molecule has 0 aliphatic carbocycles. The first kappa shape index (κ1) is 12.1. The highest BCUT2D eigenvalue weighted by Gasteiger charge is 2.17. The summed E-state index contributed by atoms with van der Waals surface area (Å²) in [5, 5.41) is 19.6. The first-order valence-electron chi connectivity index (χ1n) is 4.82. The molecule has 0 fully saturated rings. The Labute approximate surface area is 106 Å². The van der Waals surface area contributed by atoms with Gasteiger partial charge in [0.1, 0.15) is 5.69 Å². The van der Waals surface area contributed by atoms with Crippen molar-refractivity contribution in [3.63, 3.8) is 0 Å². The predicted octanol–water partition coefficient (Wildman–Crippen LogP) is 2.22. The molecule has 0 aliphatic rings. The second kappa shape index (κ2) is 4.84. The highest BCUT2D eigenvalue weighted by Crippen LogP contribution is 2.27. The van der Waals surface area contributed by atoms with Crippen molar-refractivity contribution in [3.8, 4) is 0 Å². The molecule has 2 aromatic rings. The number of rotatable bonds is 3. The second-order valence-electron chi connectivity index (χ2n) is 3.36. The van der Waals surface area contributed by atoms with Crippen LogP contribution in [0.2, 0.25) is 5.02 Å². The minimum absolute atomic E-state index is 0.0793. The molecule has 0 spiro atoms. The van der Waals surface area contributed by atoms with E-state index in [4.69, 9.17) is 11.6 Å². The number of nitro groups is 1. The minimum Gasteiger partial charge on any atom is -0.316 e. The van der Waals surface area contributed by atoms with E-state index in [1.807, 2.05) is 0 Å². The fraction of sp³-hybridized carbons (Fsp3) is 0. The number of benzene rings is 1. The zero-order chi connectivity index (χ0) is 13.1. The molecular weight excluding hydrogens is 260 g/mol. The van der Waals surface area contributed by atoms with E-state index in [-0.39, 0.29) is 22.0 Å². The molecule has 18 heavy (non-hydrogen) atoms. The molecule has 0 aliphatic heterocycles. The van der Waals surface area contributed by atoms with Gasteiger partial charge in [-0.1, -0.05) is 11.6 Å². The van der Waals surface area contributed by atoms with Crippen molar-refractivity contribution in [2.45, 2.75) is 0 Å². The standard InChI is InChI=1S/C10H7ClN4O3/c11-7-1-2-8(9(3-7)15(17)18)14-10(16)6-4-12-13-5-6/h1-5H,(H,12,13)(H,14,16). The lowest BCUT2D eigenvalue weighted by Crippen LogP contribution is -2.12. The largest absolute Gasteiger partial charge is 0.316 e. The third kappa shape index (κ3) is 2.46. The molecule has 92 valence electrons. The number of nitro benzene ring substituents is 1. The molecule has 2 N–H and O–H groups in total. The summed E-state index contributed by atoms with van der Waals surface area (Å²) in [4.78, 5) is 21.9. The van der Waals surface area contributed by atoms with Crippen molar-refractivity contribution in [1.29, 1.82) is 0 Å². The van der Waals surface area contributed by atoms with Gasteiger partial charge in [0.15, 0.2) is 0 Å². The van der Waals surface area contributed by atoms with Gasteiger partial charge in [-0.25, -0.2) is 0 Å². The van der Waals surface area contributed by atoms with Crippen LogP contribution in [0.25, 0.3) is 0 Å². The summed E-state index contributed by atoms with van der Waals surface area (Å²) < 4.78 is 0. The molecule has 0 unspecified atom stereocenters. The summed E-state index contributed by atoms with van der Waals surface area (Å²) in [5.74, 6) is -0.492. The lowest BCUT2D eigenvalue weighted by Gasteiger charge is -2.04. The average molecular weight is 267 g/mol. The number of H-pyrrole nitrogens is 1. The zero-order valence-electron chi connectivity index (χ0n) is 8.88. The van der Waals surface area contributed by atoms with Crippen LogP contribution in [0.4, 0.5) is 11.4 Å². The van der Waals surface area contributed by atoms with Crippen LogP contribution < -0.4 is 5.32 Å². The van der Waals surface area contributed by atoms with Gasteiger partial charge in [0.05, 0.1) is 16.7 Å². The highest BCUT2D eigenvalue weighted by molar-refractivity contribution is 6.31. The molecular formula is C10H7ClN4O3. The normalized spacial score (nSPS) is 10.1. The van der Waals surface area contributed by atoms with Crippen molar-refractivity contribution < 1.29 is 9.72 Å². The number of aromatic nitrogens is 2. The monoisotopic (exact) mass is 266 g/mol. The van der Waals surface area contributed by atoms with Gasteiger partial charge in [0, 0.05) is 17.3 Å². The second-order valence-corrected chi connectivity index (χ2v) is 3.80. The van der Waals surface area contributed by atoms with E-state index >= 15 is 0 Å². The molecule has 8 heteroatoms. The number of carbonyl (C=O) groups is 1. The molecule has 1 aromatic heterocycles. The van der Waals surface area contributed by atoms with Crippen LogP contribution in [0.5, 0.6) is 0 Å². The molecule has 2 rings (SSSR count). The molecule has 7 nitrogen and oxygen atoms in total. The Morgan fingerprint density at radius 3 is 2.89 bits per heavy atom. The van der Waals surface area contributed by atoms with Crippen LogP contribution in [0.15, 0.2) is 30.6 Å². The van der Waals surface area contributed by atoms with Gasteiger partial charge < -0.3 is 5.32 Å². The van der Waals surface area contributed by atoms with E-state index in [9.17, 15) is 14.9 Å². The van der Waals surface area contributed by atoms with Gasteiger partial charge in [-0.3, -0.25) is 20.0 Å². The maximum atomic E-state index is 11.7. The Kier molecular flexibility index (Phi) is 3.24. The van der Waals surface area contributed by atoms with E-state index in [2.05, 4.69) is 15.5 Å². The van der Waals surface area contributed by atoms with Crippen molar-refractivity contribution >= 4 is 28.9 Å². The smallest absolute Gasteiger partial charge is 0.294 e. The van der Waals surface area contributed by atoms with Gasteiger partial charge in [0.2, 0.25) is 0 Å². The lowest BCUT2D eigenvalue weighted by atomic mass is 10.2. The number of carbonyl (C=O) groups excluding carboxylic acids is 1. The third-order valence-corrected chi connectivity index (χ3v) is 2.40. The first-order chi connectivity index (χ1) is 8.58. The number of hydrogen-bond donors (Lipinski definition) is 2. The average Bonchev–Trinajstić information content (AvgIpc) is 2.84. The highest BCUT2D eigenvalue weighted by atomic mass is 35.5. The van der Waals surface area contributed by atoms with Gasteiger partial charge in [-0.2, -0.15) is 5.10 Å². The van der Waals surface area contributed by atoms with Crippen molar-refractivity contribution in [2.75, 3.05) is 5.32 Å². The molecule has 0 atom stereocenters. The number of nitrogens with one attached hydrogen (secondary N) is 2. The summed E-state index contributed by atoms with van der Waals surface area (Å²) in [5.41, 5.74) is 0.0918. The van der Waals surface area contributed by atoms with Crippen LogP contribution in [0.3, 0.4) is 0 Å². The van der Waals surface area contributed by atoms with Crippen LogP contribution in [0, 0.1) is 10.1 Å². The fourth-order valence-electron chi connectivity index (χ4n) is 1.33. The van der Waals surface area contributed by atoms with Crippen LogP contribution in [-0.2, 0) is 0 Å². The number of hydrogen-bond acceptors (Lipinski definition) is 4. The topological polar surface area (TPSA) is 101 Å². The van der Waals surface area contributed by atoms with E-state index in [0.29, 0.717) is 0 Å². The Hall–Kier alpha value is -2.41. The third-order valence-electron chi connectivity index (χ3n) is 2.17. The van der Waals surface area contributed by atoms with Gasteiger partial charge in [-0.15, -0.1) is 0 Å². The predicted molar refractivity (Wildman–Crippen MR) is 64.6 cm³/mol. The van der Waals surface area contributed by atoms with Gasteiger partial charge in [-0.05, 0) is 12.1 Å². The number of anilines is 1. The fourth-order valence-corrected chi connectivity index (χ4v) is 1.50. The Morgan fingerprint density at radius 1 is 1.50 bits per heavy atom. The molecule has 0 bridgehead atoms. The molecule has 1 amide bonds. The zero-order valence-corrected chi connectivity index (χ0v) is 9.64. The first-order valence-corrected chi connectivity index (χ1v) is 5.20. The summed E-state index contributed by atoms with van der Waals surface area (Å²) >= 11 is 5.66. The van der Waals surface area contributed by atoms with Crippen LogP contribution in [-0.4, -0.2) is 21.0 Å². The van der Waals surface area contributed by atoms with Crippen molar-refractivity contribution in [2.24, 2.45) is 0 Å². The van der Waals surface area contributed by atoms with Crippen LogP contribution >= 0.6 is 11.6 Å². The number of nitrogens with zero attached hydrogens (tertiary/aromatic N) is 2. The summed E-state index contributed by atoms with van der Waals surface area (Å²) in [6.45, 7) is 0. The maximum absolute atomic E-state index is 11.7. The lowest BCUT2D eigenvalue weighted by molar-refractivity contribution is -0.383. The minimum atomic E-state index is -0.614. The Balaban J connectivity index is 2.29. The van der Waals surface area contributed by atoms with Crippen LogP contribution in [0.1, 0.15) is 10.4 Å². The number of aromatic amines is 1. The molecule has 0 radical (unpaired) electrons. The number of amides is 1. The van der Waals surface area contributed by atoms with Crippen molar-refractivity contribution in [1.82, 2.24) is 10.2 Å². The summed E-state index contributed by atoms with van der Waals surface area (Å²) in [6.07, 6.45) is 2.70. The Morgan fingerprint density at radius 2 is 2.28 bits per heavy atom. The SMILES string of the molecule is O=C(Nc1ccc(Cl)cc1[N+](=O)[O-])c1cn[nH]c1. The molecule has 1 aromatic carbocycles. The summed E-state index contributed by atoms with van der Waals surface area (Å²) in [6, 6.07) is 4.00. The molecule has 0 saturated carbocycles. The van der Waals surface area contributed by atoms with E-state index in [1.165, 1.54) is 30.6 Å². The van der Waals surface area contributed by atoms with Crippen molar-refractivity contribution in [3.05, 3.63) is 51.3 Å². The molecule has 1 heterocycles. The van der Waals surface area contributed by atoms with E-state index in [0.717, 1.165) is 0 Å². The van der Waals surface area contributed by atoms with E-state index in [1.54, 1.807) is 0 Å². The quantitative estimate of drug-likeness (QED) is 0.657. The molecule has 0 saturated heterocycles. The van der Waals surface area contributed by atoms with Gasteiger partial charge >= 0.3 is 0 Å². The van der Waals surface area contributed by atoms with E-state index < -0.39 is 10.8 Å². The van der Waals surface area contributed by atoms with Gasteiger partial charge in [0.25, 0.3) is 11.6 Å². The number of halogens is 1.